The molecule has 74 valence electrons. The van der Waals surface area contributed by atoms with Crippen LogP contribution in [0.15, 0.2) is 22.7 Å². The molecule has 2 nitrogen and oxygen atoms in total. The van der Waals surface area contributed by atoms with Crippen molar-refractivity contribution in [1.82, 2.24) is 0 Å². The van der Waals surface area contributed by atoms with Crippen molar-refractivity contribution in [3.8, 4) is 0 Å². The van der Waals surface area contributed by atoms with Crippen molar-refractivity contribution < 1.29 is 9.59 Å². The van der Waals surface area contributed by atoms with Crippen LogP contribution in [0, 0.1) is 0 Å². The number of carbonyl (C=O) groups is 2. The Morgan fingerprint density at radius 2 is 2.14 bits per heavy atom. The minimum Gasteiger partial charge on any atom is -0.298 e. The Labute approximate surface area is 98.9 Å². The van der Waals surface area contributed by atoms with Gasteiger partial charge >= 0.3 is 0 Å². The molecule has 0 amide bonds. The lowest BCUT2D eigenvalue weighted by molar-refractivity contribution is 0.0989. The van der Waals surface area contributed by atoms with Gasteiger partial charge in [0.25, 0.3) is 0 Å². The molecular formula is C10H8Br2O2. The molecule has 1 rings (SSSR count). The van der Waals surface area contributed by atoms with E-state index >= 15 is 0 Å². The molecule has 14 heavy (non-hydrogen) atoms. The number of rotatable bonds is 3. The molecular weight excluding hydrogens is 312 g/mol. The van der Waals surface area contributed by atoms with E-state index in [-0.39, 0.29) is 10.6 Å². The molecule has 0 saturated heterocycles. The largest absolute Gasteiger partial charge is 0.298 e. The topological polar surface area (TPSA) is 34.1 Å². The second-order valence-electron chi connectivity index (χ2n) is 2.80. The third-order valence-electron chi connectivity index (χ3n) is 1.80. The normalized spacial score (nSPS) is 12.2. The Morgan fingerprint density at radius 1 is 1.50 bits per heavy atom. The van der Waals surface area contributed by atoms with Crippen molar-refractivity contribution in [3.63, 3.8) is 0 Å². The van der Waals surface area contributed by atoms with Gasteiger partial charge in [0.15, 0.2) is 12.1 Å². The van der Waals surface area contributed by atoms with Crippen LogP contribution < -0.4 is 0 Å². The van der Waals surface area contributed by atoms with Gasteiger partial charge in [-0.05, 0) is 13.0 Å². The first kappa shape index (κ1) is 11.6. The van der Waals surface area contributed by atoms with Gasteiger partial charge < -0.3 is 0 Å². The van der Waals surface area contributed by atoms with Crippen molar-refractivity contribution in [2.75, 3.05) is 0 Å². The maximum atomic E-state index is 11.6. The summed E-state index contributed by atoms with van der Waals surface area (Å²) in [6, 6.07) is 5.12. The van der Waals surface area contributed by atoms with Crippen LogP contribution in [0.2, 0.25) is 0 Å². The number of aldehydes is 1. The van der Waals surface area contributed by atoms with Gasteiger partial charge in [-0.3, -0.25) is 9.59 Å². The van der Waals surface area contributed by atoms with E-state index in [4.69, 9.17) is 0 Å². The fourth-order valence-corrected chi connectivity index (χ4v) is 1.79. The maximum Gasteiger partial charge on any atom is 0.176 e. The van der Waals surface area contributed by atoms with E-state index in [0.717, 1.165) is 0 Å². The monoisotopic (exact) mass is 318 g/mol. The molecule has 1 aromatic carbocycles. The zero-order chi connectivity index (χ0) is 10.7. The molecule has 4 heteroatoms. The van der Waals surface area contributed by atoms with Gasteiger partial charge in [0, 0.05) is 15.6 Å². The quantitative estimate of drug-likeness (QED) is 0.487. The fourth-order valence-electron chi connectivity index (χ4n) is 1.09. The number of carbonyl (C=O) groups excluding carboxylic acids is 2. The van der Waals surface area contributed by atoms with Crippen molar-refractivity contribution in [1.29, 1.82) is 0 Å². The van der Waals surface area contributed by atoms with E-state index in [1.807, 2.05) is 0 Å². The Balaban J connectivity index is 3.27. The van der Waals surface area contributed by atoms with Crippen LogP contribution in [-0.4, -0.2) is 16.9 Å². The molecule has 1 atom stereocenters. The molecule has 0 aromatic heterocycles. The van der Waals surface area contributed by atoms with Crippen LogP contribution in [-0.2, 0) is 0 Å². The number of Topliss-reactive ketones (excluding diaryl/α,β-unsaturated/α-hetero) is 1. The lowest BCUT2D eigenvalue weighted by atomic mass is 10.0. The SMILES string of the molecule is CC(Br)C(=O)c1cccc(Br)c1C=O. The molecule has 0 aliphatic heterocycles. The molecule has 1 unspecified atom stereocenters. The smallest absolute Gasteiger partial charge is 0.176 e. The van der Waals surface area contributed by atoms with Crippen LogP contribution in [0.4, 0.5) is 0 Å². The summed E-state index contributed by atoms with van der Waals surface area (Å²) in [6.07, 6.45) is 0.687. The van der Waals surface area contributed by atoms with Crippen molar-refractivity contribution in [2.24, 2.45) is 0 Å². The number of ketones is 1. The summed E-state index contributed by atoms with van der Waals surface area (Å²) in [5, 5.41) is 0. The molecule has 0 spiro atoms. The van der Waals surface area contributed by atoms with E-state index in [1.54, 1.807) is 25.1 Å². The Bertz CT molecular complexity index is 372. The zero-order valence-electron chi connectivity index (χ0n) is 7.46. The molecule has 0 bridgehead atoms. The van der Waals surface area contributed by atoms with E-state index in [2.05, 4.69) is 31.9 Å². The molecule has 1 aromatic rings. The van der Waals surface area contributed by atoms with E-state index < -0.39 is 0 Å². The summed E-state index contributed by atoms with van der Waals surface area (Å²) < 4.78 is 0.645. The Kier molecular flexibility index (Phi) is 4.01. The minimum atomic E-state index is -0.282. The maximum absolute atomic E-state index is 11.6. The second kappa shape index (κ2) is 4.84. The van der Waals surface area contributed by atoms with Gasteiger partial charge in [-0.2, -0.15) is 0 Å². The summed E-state index contributed by atoms with van der Waals surface area (Å²) in [4.78, 5) is 22.1. The predicted octanol–water partition coefficient (Wildman–Crippen LogP) is 3.23. The molecule has 0 N–H and O–H groups in total. The van der Waals surface area contributed by atoms with Gasteiger partial charge in [0.05, 0.1) is 4.83 Å². The van der Waals surface area contributed by atoms with Crippen LogP contribution in [0.5, 0.6) is 0 Å². The zero-order valence-corrected chi connectivity index (χ0v) is 10.6. The molecule has 0 heterocycles. The highest BCUT2D eigenvalue weighted by Gasteiger charge is 2.16. The molecule has 0 fully saturated rings. The Morgan fingerprint density at radius 3 is 2.64 bits per heavy atom. The highest BCUT2D eigenvalue weighted by atomic mass is 79.9. The summed E-state index contributed by atoms with van der Waals surface area (Å²) in [5.74, 6) is -0.0894. The number of alkyl halides is 1. The van der Waals surface area contributed by atoms with Crippen molar-refractivity contribution in [2.45, 2.75) is 11.8 Å². The molecule has 0 radical (unpaired) electrons. The average molecular weight is 320 g/mol. The average Bonchev–Trinajstić information content (AvgIpc) is 2.16. The summed E-state index contributed by atoms with van der Waals surface area (Å²) in [7, 11) is 0. The lowest BCUT2D eigenvalue weighted by Gasteiger charge is -2.06. The number of halogens is 2. The first-order chi connectivity index (χ1) is 6.57. The third kappa shape index (κ3) is 2.30. The lowest BCUT2D eigenvalue weighted by Crippen LogP contribution is -2.12. The predicted molar refractivity (Wildman–Crippen MR) is 62.2 cm³/mol. The fraction of sp³-hybridized carbons (Fsp3) is 0.200. The molecule has 0 aliphatic rings. The van der Waals surface area contributed by atoms with E-state index in [0.29, 0.717) is 21.9 Å². The van der Waals surface area contributed by atoms with Gasteiger partial charge in [-0.1, -0.05) is 44.0 Å². The van der Waals surface area contributed by atoms with Crippen molar-refractivity contribution >= 4 is 43.9 Å². The highest BCUT2D eigenvalue weighted by Crippen LogP contribution is 2.21. The van der Waals surface area contributed by atoms with Gasteiger partial charge in [-0.15, -0.1) is 0 Å². The van der Waals surface area contributed by atoms with Crippen molar-refractivity contribution in [3.05, 3.63) is 33.8 Å². The van der Waals surface area contributed by atoms with Crippen LogP contribution in [0.25, 0.3) is 0 Å². The number of hydrogen-bond donors (Lipinski definition) is 0. The van der Waals surface area contributed by atoms with E-state index in [1.165, 1.54) is 0 Å². The summed E-state index contributed by atoms with van der Waals surface area (Å²) >= 11 is 6.41. The minimum absolute atomic E-state index is 0.0894. The third-order valence-corrected chi connectivity index (χ3v) is 2.90. The first-order valence-corrected chi connectivity index (χ1v) is 5.70. The highest BCUT2D eigenvalue weighted by molar-refractivity contribution is 9.10. The summed E-state index contributed by atoms with van der Waals surface area (Å²) in [5.41, 5.74) is 0.850. The standard InChI is InChI=1S/C10H8Br2O2/c1-6(11)10(14)7-3-2-4-9(12)8(7)5-13/h2-6H,1H3. The summed E-state index contributed by atoms with van der Waals surface area (Å²) in [6.45, 7) is 1.73. The molecule has 0 aliphatic carbocycles. The van der Waals surface area contributed by atoms with Crippen LogP contribution in [0.3, 0.4) is 0 Å². The van der Waals surface area contributed by atoms with Crippen LogP contribution >= 0.6 is 31.9 Å². The van der Waals surface area contributed by atoms with Gasteiger partial charge in [0.2, 0.25) is 0 Å². The second-order valence-corrected chi connectivity index (χ2v) is 5.03. The first-order valence-electron chi connectivity index (χ1n) is 4.00. The van der Waals surface area contributed by atoms with E-state index in [9.17, 15) is 9.59 Å². The number of benzene rings is 1. The molecule has 0 saturated carbocycles. The number of hydrogen-bond acceptors (Lipinski definition) is 2. The van der Waals surface area contributed by atoms with Gasteiger partial charge in [0.1, 0.15) is 0 Å². The van der Waals surface area contributed by atoms with Crippen LogP contribution in [0.1, 0.15) is 27.6 Å². The Hall–Kier alpha value is -0.480. The van der Waals surface area contributed by atoms with Gasteiger partial charge in [-0.25, -0.2) is 0 Å².